The molecular formula is C55H90O6. The second-order valence-electron chi connectivity index (χ2n) is 16.1. The van der Waals surface area contributed by atoms with Crippen molar-refractivity contribution in [2.24, 2.45) is 0 Å². The molecule has 346 valence electrons. The van der Waals surface area contributed by atoms with Crippen LogP contribution >= 0.6 is 0 Å². The van der Waals surface area contributed by atoms with Crippen LogP contribution < -0.4 is 0 Å². The normalized spacial score (nSPS) is 12.9. The number of carbonyl (C=O) groups is 3. The highest BCUT2D eigenvalue weighted by molar-refractivity contribution is 5.71. The van der Waals surface area contributed by atoms with Crippen molar-refractivity contribution in [3.05, 3.63) is 97.2 Å². The number of esters is 3. The number of allylic oxidation sites excluding steroid dienone is 16. The molecule has 0 aromatic carbocycles. The van der Waals surface area contributed by atoms with Crippen LogP contribution in [0, 0.1) is 0 Å². The first kappa shape index (κ1) is 57.3. The number of hydrogen-bond acceptors (Lipinski definition) is 6. The van der Waals surface area contributed by atoms with E-state index in [2.05, 4.69) is 69.4 Å². The predicted molar refractivity (Wildman–Crippen MR) is 260 cm³/mol. The van der Waals surface area contributed by atoms with Gasteiger partial charge in [0.2, 0.25) is 0 Å². The number of rotatable bonds is 43. The average molecular weight is 847 g/mol. The lowest BCUT2D eigenvalue weighted by Gasteiger charge is -2.18. The molecule has 0 N–H and O–H groups in total. The van der Waals surface area contributed by atoms with E-state index in [9.17, 15) is 14.4 Å². The largest absolute Gasteiger partial charge is 0.462 e. The average Bonchev–Trinajstić information content (AvgIpc) is 3.26. The lowest BCUT2D eigenvalue weighted by atomic mass is 10.1. The standard InChI is InChI=1S/C55H90O6/c1-4-7-10-13-16-19-22-24-26-27-29-30-33-36-39-42-45-48-54(57)60-51-52(50-59-53(56)47-44-41-38-35-32-21-18-15-12-9-6-3)61-55(58)49-46-43-40-37-34-31-28-25-23-20-17-14-11-8-5-2/h8,11,14-20,23-26,28,31,34,52H,4-7,9-10,12-13,21-22,27,29-30,32-33,35-51H2,1-3H3/b11-8-,17-14-,18-15-,19-16-,23-20-,26-24-,28-25-,34-31-. The van der Waals surface area contributed by atoms with E-state index in [0.29, 0.717) is 19.3 Å². The minimum Gasteiger partial charge on any atom is -0.462 e. The van der Waals surface area contributed by atoms with Crippen molar-refractivity contribution in [1.82, 2.24) is 0 Å². The van der Waals surface area contributed by atoms with E-state index >= 15 is 0 Å². The molecule has 0 heterocycles. The van der Waals surface area contributed by atoms with Gasteiger partial charge >= 0.3 is 17.9 Å². The lowest BCUT2D eigenvalue weighted by molar-refractivity contribution is -0.167. The van der Waals surface area contributed by atoms with E-state index in [1.54, 1.807) is 0 Å². The fourth-order valence-corrected chi connectivity index (χ4v) is 6.41. The molecule has 0 aliphatic heterocycles. The molecular weight excluding hydrogens is 757 g/mol. The van der Waals surface area contributed by atoms with E-state index in [1.165, 1.54) is 77.0 Å². The fourth-order valence-electron chi connectivity index (χ4n) is 6.41. The van der Waals surface area contributed by atoms with Crippen molar-refractivity contribution in [2.75, 3.05) is 13.2 Å². The molecule has 6 heteroatoms. The van der Waals surface area contributed by atoms with E-state index < -0.39 is 6.10 Å². The van der Waals surface area contributed by atoms with Gasteiger partial charge in [-0.1, -0.05) is 201 Å². The smallest absolute Gasteiger partial charge is 0.306 e. The van der Waals surface area contributed by atoms with Crippen LogP contribution in [0.1, 0.15) is 213 Å². The van der Waals surface area contributed by atoms with Crippen LogP contribution in [-0.4, -0.2) is 37.2 Å². The monoisotopic (exact) mass is 847 g/mol. The summed E-state index contributed by atoms with van der Waals surface area (Å²) in [4.78, 5) is 37.9. The molecule has 0 saturated heterocycles. The van der Waals surface area contributed by atoms with Gasteiger partial charge in [0.05, 0.1) is 0 Å². The zero-order valence-electron chi connectivity index (χ0n) is 39.4. The van der Waals surface area contributed by atoms with Gasteiger partial charge in [-0.3, -0.25) is 14.4 Å². The van der Waals surface area contributed by atoms with Crippen LogP contribution in [0.2, 0.25) is 0 Å². The minimum absolute atomic E-state index is 0.103. The summed E-state index contributed by atoms with van der Waals surface area (Å²) in [5.74, 6) is -0.968. The molecule has 1 atom stereocenters. The molecule has 0 rings (SSSR count). The third-order valence-corrected chi connectivity index (χ3v) is 10.2. The Morgan fingerprint density at radius 3 is 1.21 bits per heavy atom. The second kappa shape index (κ2) is 49.0. The van der Waals surface area contributed by atoms with Gasteiger partial charge in [-0.15, -0.1) is 0 Å². The van der Waals surface area contributed by atoms with Crippen molar-refractivity contribution < 1.29 is 28.6 Å². The summed E-state index contributed by atoms with van der Waals surface area (Å²) in [5, 5.41) is 0. The van der Waals surface area contributed by atoms with Gasteiger partial charge in [-0.25, -0.2) is 0 Å². The summed E-state index contributed by atoms with van der Waals surface area (Å²) in [6.45, 7) is 6.36. The summed E-state index contributed by atoms with van der Waals surface area (Å²) in [7, 11) is 0. The Hall–Kier alpha value is -3.67. The maximum atomic E-state index is 12.8. The third-order valence-electron chi connectivity index (χ3n) is 10.2. The predicted octanol–water partition coefficient (Wildman–Crippen LogP) is 16.2. The molecule has 0 radical (unpaired) electrons. The molecule has 0 bridgehead atoms. The first-order chi connectivity index (χ1) is 30.0. The Bertz CT molecular complexity index is 1250. The number of carbonyl (C=O) groups excluding carboxylic acids is 3. The molecule has 0 amide bonds. The fraction of sp³-hybridized carbons (Fsp3) is 0.655. The quantitative estimate of drug-likeness (QED) is 0.0200. The molecule has 0 aromatic rings. The molecule has 0 spiro atoms. The van der Waals surface area contributed by atoms with Crippen LogP contribution in [0.25, 0.3) is 0 Å². The van der Waals surface area contributed by atoms with Gasteiger partial charge in [0.25, 0.3) is 0 Å². The second-order valence-corrected chi connectivity index (χ2v) is 16.1. The Morgan fingerprint density at radius 1 is 0.361 bits per heavy atom. The summed E-state index contributed by atoms with van der Waals surface area (Å²) in [6, 6.07) is 0. The van der Waals surface area contributed by atoms with Gasteiger partial charge in [-0.2, -0.15) is 0 Å². The van der Waals surface area contributed by atoms with E-state index in [-0.39, 0.29) is 37.5 Å². The maximum Gasteiger partial charge on any atom is 0.306 e. The maximum absolute atomic E-state index is 12.8. The van der Waals surface area contributed by atoms with Crippen LogP contribution in [0.15, 0.2) is 97.2 Å². The first-order valence-electron chi connectivity index (χ1n) is 24.8. The van der Waals surface area contributed by atoms with Gasteiger partial charge < -0.3 is 14.2 Å². The molecule has 1 unspecified atom stereocenters. The van der Waals surface area contributed by atoms with Crippen LogP contribution in [0.5, 0.6) is 0 Å². The van der Waals surface area contributed by atoms with Gasteiger partial charge in [0.15, 0.2) is 6.10 Å². The van der Waals surface area contributed by atoms with Crippen molar-refractivity contribution in [1.29, 1.82) is 0 Å². The zero-order valence-corrected chi connectivity index (χ0v) is 39.4. The highest BCUT2D eigenvalue weighted by atomic mass is 16.6. The molecule has 0 aliphatic rings. The van der Waals surface area contributed by atoms with Crippen LogP contribution in [0.4, 0.5) is 0 Å². The van der Waals surface area contributed by atoms with Gasteiger partial charge in [-0.05, 0) is 89.9 Å². The number of ether oxygens (including phenoxy) is 3. The molecule has 0 aromatic heterocycles. The Morgan fingerprint density at radius 2 is 0.721 bits per heavy atom. The third kappa shape index (κ3) is 47.2. The molecule has 6 nitrogen and oxygen atoms in total. The minimum atomic E-state index is -0.806. The lowest BCUT2D eigenvalue weighted by Crippen LogP contribution is -2.30. The topological polar surface area (TPSA) is 78.9 Å². The Balaban J connectivity index is 4.48. The van der Waals surface area contributed by atoms with Crippen molar-refractivity contribution >= 4 is 17.9 Å². The van der Waals surface area contributed by atoms with Crippen LogP contribution in [-0.2, 0) is 28.6 Å². The Kier molecular flexibility index (Phi) is 46.0. The molecule has 0 saturated carbocycles. The summed E-state index contributed by atoms with van der Waals surface area (Å²) in [6.07, 6.45) is 63.8. The van der Waals surface area contributed by atoms with E-state index in [4.69, 9.17) is 14.2 Å². The zero-order chi connectivity index (χ0) is 44.4. The molecule has 0 aliphatic carbocycles. The molecule has 61 heavy (non-hydrogen) atoms. The summed E-state index contributed by atoms with van der Waals surface area (Å²) >= 11 is 0. The SMILES string of the molecule is CC\C=C/C=C\C=C/C=C\C=C/CCCCCC(=O)OC(COC(=O)CCCCCCC/C=C\CCCC)COC(=O)CCCCCCCCC/C=C\C/C=C\CCCCC. The van der Waals surface area contributed by atoms with Crippen molar-refractivity contribution in [3.63, 3.8) is 0 Å². The molecule has 0 fully saturated rings. The first-order valence-corrected chi connectivity index (χ1v) is 24.8. The van der Waals surface area contributed by atoms with Crippen molar-refractivity contribution in [2.45, 2.75) is 219 Å². The van der Waals surface area contributed by atoms with Gasteiger partial charge in [0.1, 0.15) is 13.2 Å². The van der Waals surface area contributed by atoms with Crippen molar-refractivity contribution in [3.8, 4) is 0 Å². The van der Waals surface area contributed by atoms with E-state index in [0.717, 1.165) is 89.9 Å². The summed E-state index contributed by atoms with van der Waals surface area (Å²) < 4.78 is 16.7. The highest BCUT2D eigenvalue weighted by Crippen LogP contribution is 2.13. The number of hydrogen-bond donors (Lipinski definition) is 0. The Labute approximate surface area is 375 Å². The summed E-state index contributed by atoms with van der Waals surface area (Å²) in [5.41, 5.74) is 0. The number of unbranched alkanes of at least 4 members (excludes halogenated alkanes) is 20. The van der Waals surface area contributed by atoms with Crippen LogP contribution in [0.3, 0.4) is 0 Å². The highest BCUT2D eigenvalue weighted by Gasteiger charge is 2.19. The van der Waals surface area contributed by atoms with Gasteiger partial charge in [0, 0.05) is 19.3 Å². The van der Waals surface area contributed by atoms with E-state index in [1.807, 2.05) is 48.6 Å².